The molecule has 2 aliphatic rings. The Morgan fingerprint density at radius 1 is 1.18 bits per heavy atom. The predicted molar refractivity (Wildman–Crippen MR) is 124 cm³/mol. The SMILES string of the molecule is Cc1[nH]c(C(=O)NC2[C@H]3CN(c4nc(Cc5ccc(Cl)cc5)c(C(=O)O)o4)C[C@@H]23)c(Cl)c1Cl. The van der Waals surface area contributed by atoms with Crippen LogP contribution in [0.4, 0.5) is 6.01 Å². The Morgan fingerprint density at radius 3 is 2.42 bits per heavy atom. The molecule has 2 fully saturated rings. The van der Waals surface area contributed by atoms with Gasteiger partial charge >= 0.3 is 5.97 Å². The molecule has 33 heavy (non-hydrogen) atoms. The first kappa shape index (κ1) is 22.1. The molecule has 0 radical (unpaired) electrons. The summed E-state index contributed by atoms with van der Waals surface area (Å²) in [4.78, 5) is 33.6. The molecule has 1 saturated carbocycles. The number of aromatic carboxylic acids is 1. The zero-order chi connectivity index (χ0) is 23.4. The quantitative estimate of drug-likeness (QED) is 0.453. The van der Waals surface area contributed by atoms with Gasteiger partial charge in [0.1, 0.15) is 11.4 Å². The fraction of sp³-hybridized carbons (Fsp3) is 0.318. The zero-order valence-electron chi connectivity index (χ0n) is 17.4. The monoisotopic (exact) mass is 508 g/mol. The number of rotatable bonds is 6. The lowest BCUT2D eigenvalue weighted by Crippen LogP contribution is -2.35. The first-order valence-corrected chi connectivity index (χ1v) is 11.4. The molecular weight excluding hydrogens is 491 g/mol. The highest BCUT2D eigenvalue weighted by molar-refractivity contribution is 6.44. The second-order valence-corrected chi connectivity index (χ2v) is 9.56. The van der Waals surface area contributed by atoms with Crippen LogP contribution in [0.15, 0.2) is 28.7 Å². The average Bonchev–Trinajstić information content (AvgIpc) is 3.14. The molecule has 0 spiro atoms. The summed E-state index contributed by atoms with van der Waals surface area (Å²) in [5.41, 5.74) is 2.14. The number of fused-ring (bicyclic) bond motifs is 1. The van der Waals surface area contributed by atoms with Gasteiger partial charge in [-0.1, -0.05) is 46.9 Å². The molecule has 3 atom stereocenters. The normalized spacial score (nSPS) is 21.2. The molecular formula is C22H19Cl3N4O4. The number of aromatic amines is 1. The molecule has 5 rings (SSSR count). The number of carbonyl (C=O) groups is 2. The molecule has 3 N–H and O–H groups in total. The van der Waals surface area contributed by atoms with Gasteiger partial charge in [0.25, 0.3) is 11.9 Å². The summed E-state index contributed by atoms with van der Waals surface area (Å²) in [5, 5.41) is 13.7. The predicted octanol–water partition coefficient (Wildman–Crippen LogP) is 4.42. The van der Waals surface area contributed by atoms with E-state index < -0.39 is 5.97 Å². The topological polar surface area (TPSA) is 111 Å². The summed E-state index contributed by atoms with van der Waals surface area (Å²) in [7, 11) is 0. The van der Waals surface area contributed by atoms with Crippen LogP contribution >= 0.6 is 34.8 Å². The van der Waals surface area contributed by atoms with Crippen LogP contribution in [0.2, 0.25) is 15.1 Å². The molecule has 11 heteroatoms. The Kier molecular flexibility index (Phi) is 5.55. The highest BCUT2D eigenvalue weighted by Crippen LogP contribution is 2.47. The third-order valence-electron chi connectivity index (χ3n) is 6.21. The number of aromatic nitrogens is 2. The maximum Gasteiger partial charge on any atom is 0.373 e. The average molecular weight is 510 g/mol. The van der Waals surface area contributed by atoms with E-state index in [-0.39, 0.29) is 46.3 Å². The van der Waals surface area contributed by atoms with Crippen molar-refractivity contribution >= 4 is 52.7 Å². The van der Waals surface area contributed by atoms with Crippen LogP contribution in [-0.2, 0) is 6.42 Å². The Hall–Kier alpha value is -2.68. The number of carbonyl (C=O) groups excluding carboxylic acids is 1. The Balaban J connectivity index is 1.25. The molecule has 1 unspecified atom stereocenters. The summed E-state index contributed by atoms with van der Waals surface area (Å²) in [6, 6.07) is 7.43. The minimum atomic E-state index is -1.16. The van der Waals surface area contributed by atoms with E-state index in [2.05, 4.69) is 15.3 Å². The minimum absolute atomic E-state index is 0.00893. The van der Waals surface area contributed by atoms with Gasteiger partial charge in [-0.3, -0.25) is 4.79 Å². The van der Waals surface area contributed by atoms with Crippen molar-refractivity contribution in [2.24, 2.45) is 11.8 Å². The van der Waals surface area contributed by atoms with Crippen molar-refractivity contribution in [1.29, 1.82) is 0 Å². The number of amides is 1. The lowest BCUT2D eigenvalue weighted by Gasteiger charge is -2.17. The molecule has 1 amide bonds. The number of halogens is 3. The molecule has 0 bridgehead atoms. The standard InChI is InChI=1S/C22H19Cl3N4O4/c1-9-15(24)16(25)18(26-9)20(30)28-17-12-7-29(8-13(12)17)22-27-14(19(33-22)21(31)32)6-10-2-4-11(23)5-3-10/h2-5,12-13,17,26H,6-8H2,1H3,(H,28,30)(H,31,32)/t12-,13+,17?. The Labute approximate surface area is 203 Å². The molecule has 1 aromatic carbocycles. The number of hydrogen-bond acceptors (Lipinski definition) is 5. The van der Waals surface area contributed by atoms with E-state index in [1.54, 1.807) is 19.1 Å². The Morgan fingerprint density at radius 2 is 1.85 bits per heavy atom. The van der Waals surface area contributed by atoms with Crippen LogP contribution in [0.25, 0.3) is 0 Å². The third-order valence-corrected chi connectivity index (χ3v) is 7.41. The van der Waals surface area contributed by atoms with Gasteiger partial charge in [-0.05, 0) is 24.6 Å². The maximum atomic E-state index is 12.6. The number of nitrogens with zero attached hydrogens (tertiary/aromatic N) is 2. The van der Waals surface area contributed by atoms with Crippen molar-refractivity contribution in [3.63, 3.8) is 0 Å². The fourth-order valence-electron chi connectivity index (χ4n) is 4.41. The highest BCUT2D eigenvalue weighted by Gasteiger charge is 2.57. The van der Waals surface area contributed by atoms with Gasteiger partial charge in [0.2, 0.25) is 5.76 Å². The number of H-pyrrole nitrogens is 1. The van der Waals surface area contributed by atoms with Crippen LogP contribution in [0.3, 0.4) is 0 Å². The van der Waals surface area contributed by atoms with Crippen molar-refractivity contribution < 1.29 is 19.1 Å². The molecule has 1 aliphatic heterocycles. The van der Waals surface area contributed by atoms with E-state index in [1.807, 2.05) is 17.0 Å². The molecule has 1 aliphatic carbocycles. The zero-order valence-corrected chi connectivity index (χ0v) is 19.6. The second-order valence-electron chi connectivity index (χ2n) is 8.37. The van der Waals surface area contributed by atoms with Crippen LogP contribution in [-0.4, -0.2) is 46.1 Å². The summed E-state index contributed by atoms with van der Waals surface area (Å²) in [5.74, 6) is -1.18. The number of nitrogens with one attached hydrogen (secondary N) is 2. The van der Waals surface area contributed by atoms with Crippen molar-refractivity contribution in [2.75, 3.05) is 18.0 Å². The van der Waals surface area contributed by atoms with Gasteiger partial charge in [0.15, 0.2) is 0 Å². The van der Waals surface area contributed by atoms with Crippen LogP contribution < -0.4 is 10.2 Å². The molecule has 1 saturated heterocycles. The molecule has 2 aromatic heterocycles. The molecule has 8 nitrogen and oxygen atoms in total. The summed E-state index contributed by atoms with van der Waals surface area (Å²) >= 11 is 18.1. The van der Waals surface area contributed by atoms with Gasteiger partial charge in [-0.2, -0.15) is 4.98 Å². The van der Waals surface area contributed by atoms with Crippen molar-refractivity contribution in [3.8, 4) is 0 Å². The Bertz CT molecular complexity index is 1240. The van der Waals surface area contributed by atoms with Crippen molar-refractivity contribution in [1.82, 2.24) is 15.3 Å². The van der Waals surface area contributed by atoms with E-state index in [4.69, 9.17) is 39.2 Å². The van der Waals surface area contributed by atoms with E-state index in [0.717, 1.165) is 5.56 Å². The van der Waals surface area contributed by atoms with Crippen molar-refractivity contribution in [2.45, 2.75) is 19.4 Å². The number of benzene rings is 1. The lowest BCUT2D eigenvalue weighted by molar-refractivity contribution is 0.0661. The van der Waals surface area contributed by atoms with Crippen LogP contribution in [0.5, 0.6) is 0 Å². The first-order valence-electron chi connectivity index (χ1n) is 10.3. The number of carboxylic acid groups (broad SMARTS) is 1. The largest absolute Gasteiger partial charge is 0.475 e. The van der Waals surface area contributed by atoms with Gasteiger partial charge < -0.3 is 24.7 Å². The molecule has 3 heterocycles. The minimum Gasteiger partial charge on any atom is -0.475 e. The molecule has 3 aromatic rings. The van der Waals surface area contributed by atoms with E-state index in [1.165, 1.54) is 0 Å². The maximum absolute atomic E-state index is 12.6. The van der Waals surface area contributed by atoms with Crippen LogP contribution in [0, 0.1) is 18.8 Å². The van der Waals surface area contributed by atoms with Crippen molar-refractivity contribution in [3.05, 3.63) is 67.7 Å². The van der Waals surface area contributed by atoms with Gasteiger partial charge in [0, 0.05) is 48.1 Å². The van der Waals surface area contributed by atoms with Gasteiger partial charge in [0.05, 0.1) is 10.0 Å². The summed E-state index contributed by atoms with van der Waals surface area (Å²) in [6.07, 6.45) is 0.320. The first-order chi connectivity index (χ1) is 15.7. The van der Waals surface area contributed by atoms with E-state index in [0.29, 0.717) is 40.9 Å². The van der Waals surface area contributed by atoms with Gasteiger partial charge in [-0.25, -0.2) is 4.79 Å². The second kappa shape index (κ2) is 8.27. The number of anilines is 1. The summed E-state index contributed by atoms with van der Waals surface area (Å²) in [6.45, 7) is 2.96. The smallest absolute Gasteiger partial charge is 0.373 e. The van der Waals surface area contributed by atoms with E-state index >= 15 is 0 Å². The number of hydrogen-bond donors (Lipinski definition) is 3. The highest BCUT2D eigenvalue weighted by atomic mass is 35.5. The third kappa shape index (κ3) is 4.07. The number of piperidine rings is 1. The van der Waals surface area contributed by atoms with E-state index in [9.17, 15) is 14.7 Å². The summed E-state index contributed by atoms with van der Waals surface area (Å²) < 4.78 is 5.61. The number of oxazole rings is 1. The number of aryl methyl sites for hydroxylation is 1. The molecule has 172 valence electrons. The number of carboxylic acids is 1. The fourth-order valence-corrected chi connectivity index (χ4v) is 4.95. The van der Waals surface area contributed by atoms with Crippen LogP contribution in [0.1, 0.15) is 38.0 Å². The lowest BCUT2D eigenvalue weighted by atomic mass is 10.1. The van der Waals surface area contributed by atoms with Gasteiger partial charge in [-0.15, -0.1) is 0 Å².